The van der Waals surface area contributed by atoms with Gasteiger partial charge in [0.2, 0.25) is 5.91 Å². The Balaban J connectivity index is 2.34. The minimum atomic E-state index is -0.244. The Morgan fingerprint density at radius 1 is 1.35 bits per heavy atom. The smallest absolute Gasteiger partial charge is 0.222 e. The molecule has 0 aliphatic heterocycles. The van der Waals surface area contributed by atoms with Crippen LogP contribution in [0.3, 0.4) is 0 Å². The molecule has 1 N–H and O–H groups in total. The molecule has 0 unspecified atom stereocenters. The molecule has 1 amide bonds. The van der Waals surface area contributed by atoms with Gasteiger partial charge < -0.3 is 10.2 Å². The van der Waals surface area contributed by atoms with Gasteiger partial charge in [0.25, 0.3) is 0 Å². The molecule has 4 heteroatoms. The molecule has 0 atom stereocenters. The number of aryl methyl sites for hydroxylation is 1. The maximum Gasteiger partial charge on any atom is 0.222 e. The van der Waals surface area contributed by atoms with Crippen LogP contribution in [-0.2, 0) is 11.2 Å². The molecular formula is C13H19FN2O. The molecule has 0 bridgehead atoms. The molecule has 17 heavy (non-hydrogen) atoms. The van der Waals surface area contributed by atoms with Crippen molar-refractivity contribution < 1.29 is 9.18 Å². The molecule has 1 aromatic rings. The fourth-order valence-electron chi connectivity index (χ4n) is 1.50. The van der Waals surface area contributed by atoms with Gasteiger partial charge in [-0.05, 0) is 31.2 Å². The van der Waals surface area contributed by atoms with Crippen LogP contribution in [0.1, 0.15) is 12.0 Å². The van der Waals surface area contributed by atoms with Crippen LogP contribution in [0.25, 0.3) is 0 Å². The van der Waals surface area contributed by atoms with Gasteiger partial charge >= 0.3 is 0 Å². The standard InChI is InChI=1S/C13H19FN2O/c1-15-9-10-16(2)13(17)8-5-11-3-6-12(14)7-4-11/h3-4,6-7,15H,5,8-10H2,1-2H3. The predicted molar refractivity (Wildman–Crippen MR) is 66.3 cm³/mol. The van der Waals surface area contributed by atoms with Crippen molar-refractivity contribution in [2.75, 3.05) is 27.2 Å². The highest BCUT2D eigenvalue weighted by Crippen LogP contribution is 2.06. The summed E-state index contributed by atoms with van der Waals surface area (Å²) in [7, 11) is 3.65. The number of likely N-dealkylation sites (N-methyl/N-ethyl adjacent to an activating group) is 2. The number of carbonyl (C=O) groups excluding carboxylic acids is 1. The van der Waals surface area contributed by atoms with E-state index in [-0.39, 0.29) is 11.7 Å². The lowest BCUT2D eigenvalue weighted by Gasteiger charge is -2.16. The fraction of sp³-hybridized carbons (Fsp3) is 0.462. The Morgan fingerprint density at radius 3 is 2.59 bits per heavy atom. The lowest BCUT2D eigenvalue weighted by atomic mass is 10.1. The average Bonchev–Trinajstić information content (AvgIpc) is 2.34. The minimum Gasteiger partial charge on any atom is -0.344 e. The lowest BCUT2D eigenvalue weighted by Crippen LogP contribution is -2.32. The van der Waals surface area contributed by atoms with Crippen molar-refractivity contribution in [3.05, 3.63) is 35.6 Å². The van der Waals surface area contributed by atoms with Gasteiger partial charge in [0.05, 0.1) is 0 Å². The molecule has 1 rings (SSSR count). The summed E-state index contributed by atoms with van der Waals surface area (Å²) in [5, 5.41) is 3.00. The summed E-state index contributed by atoms with van der Waals surface area (Å²) in [5.41, 5.74) is 0.988. The van der Waals surface area contributed by atoms with E-state index in [1.807, 2.05) is 7.05 Å². The van der Waals surface area contributed by atoms with Gasteiger partial charge in [0.1, 0.15) is 5.82 Å². The molecule has 0 saturated carbocycles. The summed E-state index contributed by atoms with van der Waals surface area (Å²) in [4.78, 5) is 13.4. The first-order chi connectivity index (χ1) is 8.13. The van der Waals surface area contributed by atoms with Crippen molar-refractivity contribution in [3.8, 4) is 0 Å². The van der Waals surface area contributed by atoms with Crippen LogP contribution in [0, 0.1) is 5.82 Å². The van der Waals surface area contributed by atoms with Crippen molar-refractivity contribution in [3.63, 3.8) is 0 Å². The van der Waals surface area contributed by atoms with E-state index in [0.717, 1.165) is 12.1 Å². The molecule has 0 spiro atoms. The van der Waals surface area contributed by atoms with Crippen LogP contribution in [0.15, 0.2) is 24.3 Å². The van der Waals surface area contributed by atoms with Crippen LogP contribution in [0.5, 0.6) is 0 Å². The number of nitrogens with zero attached hydrogens (tertiary/aromatic N) is 1. The highest BCUT2D eigenvalue weighted by Gasteiger charge is 2.07. The van der Waals surface area contributed by atoms with E-state index in [1.165, 1.54) is 12.1 Å². The van der Waals surface area contributed by atoms with E-state index in [2.05, 4.69) is 5.32 Å². The van der Waals surface area contributed by atoms with E-state index < -0.39 is 0 Å². The summed E-state index contributed by atoms with van der Waals surface area (Å²) in [6.07, 6.45) is 1.12. The van der Waals surface area contributed by atoms with E-state index in [1.54, 1.807) is 24.1 Å². The van der Waals surface area contributed by atoms with E-state index in [9.17, 15) is 9.18 Å². The average molecular weight is 238 g/mol. The zero-order valence-corrected chi connectivity index (χ0v) is 10.4. The summed E-state index contributed by atoms with van der Waals surface area (Å²) in [6, 6.07) is 6.28. The monoisotopic (exact) mass is 238 g/mol. The van der Waals surface area contributed by atoms with Gasteiger partial charge in [-0.15, -0.1) is 0 Å². The van der Waals surface area contributed by atoms with E-state index in [4.69, 9.17) is 0 Å². The molecule has 0 radical (unpaired) electrons. The molecule has 0 fully saturated rings. The number of hydrogen-bond donors (Lipinski definition) is 1. The predicted octanol–water partition coefficient (Wildman–Crippen LogP) is 1.44. The molecule has 0 aliphatic rings. The number of hydrogen-bond acceptors (Lipinski definition) is 2. The first kappa shape index (κ1) is 13.6. The third-order valence-electron chi connectivity index (χ3n) is 2.66. The zero-order valence-electron chi connectivity index (χ0n) is 10.4. The Labute approximate surface area is 102 Å². The summed E-state index contributed by atoms with van der Waals surface area (Å²) < 4.78 is 12.7. The maximum absolute atomic E-state index is 12.7. The maximum atomic E-state index is 12.7. The first-order valence-electron chi connectivity index (χ1n) is 5.76. The van der Waals surface area contributed by atoms with Crippen LogP contribution >= 0.6 is 0 Å². The molecule has 0 saturated heterocycles. The Kier molecular flexibility index (Phi) is 5.63. The van der Waals surface area contributed by atoms with Crippen LogP contribution < -0.4 is 5.32 Å². The van der Waals surface area contributed by atoms with E-state index in [0.29, 0.717) is 19.4 Å². The second-order valence-corrected chi connectivity index (χ2v) is 4.05. The van der Waals surface area contributed by atoms with Gasteiger partial charge in [-0.1, -0.05) is 12.1 Å². The molecule has 3 nitrogen and oxygen atoms in total. The Hall–Kier alpha value is -1.42. The van der Waals surface area contributed by atoms with Gasteiger partial charge in [-0.2, -0.15) is 0 Å². The summed E-state index contributed by atoms with van der Waals surface area (Å²) in [6.45, 7) is 1.50. The molecular weight excluding hydrogens is 219 g/mol. The van der Waals surface area contributed by atoms with Crippen molar-refractivity contribution >= 4 is 5.91 Å². The zero-order chi connectivity index (χ0) is 12.7. The molecule has 94 valence electrons. The van der Waals surface area contributed by atoms with Gasteiger partial charge in [0, 0.05) is 26.6 Å². The SMILES string of the molecule is CNCCN(C)C(=O)CCc1ccc(F)cc1. The van der Waals surface area contributed by atoms with Crippen LogP contribution in [-0.4, -0.2) is 38.0 Å². The van der Waals surface area contributed by atoms with Crippen molar-refractivity contribution in [2.24, 2.45) is 0 Å². The lowest BCUT2D eigenvalue weighted by molar-refractivity contribution is -0.129. The van der Waals surface area contributed by atoms with Crippen LogP contribution in [0.2, 0.25) is 0 Å². The minimum absolute atomic E-state index is 0.115. The van der Waals surface area contributed by atoms with Gasteiger partial charge in [-0.3, -0.25) is 4.79 Å². The third-order valence-corrected chi connectivity index (χ3v) is 2.66. The van der Waals surface area contributed by atoms with E-state index >= 15 is 0 Å². The number of rotatable bonds is 6. The quantitative estimate of drug-likeness (QED) is 0.813. The van der Waals surface area contributed by atoms with Crippen LogP contribution in [0.4, 0.5) is 4.39 Å². The van der Waals surface area contributed by atoms with Crippen molar-refractivity contribution in [1.29, 1.82) is 0 Å². The first-order valence-corrected chi connectivity index (χ1v) is 5.76. The van der Waals surface area contributed by atoms with Gasteiger partial charge in [-0.25, -0.2) is 4.39 Å². The Bertz CT molecular complexity index is 351. The van der Waals surface area contributed by atoms with Crippen molar-refractivity contribution in [1.82, 2.24) is 10.2 Å². The second kappa shape index (κ2) is 7.01. The molecule has 0 aliphatic carbocycles. The highest BCUT2D eigenvalue weighted by molar-refractivity contribution is 5.76. The topological polar surface area (TPSA) is 32.3 Å². The largest absolute Gasteiger partial charge is 0.344 e. The molecule has 0 aromatic heterocycles. The number of halogens is 1. The fourth-order valence-corrected chi connectivity index (χ4v) is 1.50. The summed E-state index contributed by atoms with van der Waals surface area (Å²) in [5.74, 6) is -0.129. The Morgan fingerprint density at radius 2 is 2.00 bits per heavy atom. The normalized spacial score (nSPS) is 10.3. The number of amides is 1. The molecule has 0 heterocycles. The number of nitrogens with one attached hydrogen (secondary N) is 1. The second-order valence-electron chi connectivity index (χ2n) is 4.05. The highest BCUT2D eigenvalue weighted by atomic mass is 19.1. The van der Waals surface area contributed by atoms with Crippen molar-refractivity contribution in [2.45, 2.75) is 12.8 Å². The third kappa shape index (κ3) is 4.95. The summed E-state index contributed by atoms with van der Waals surface area (Å²) >= 11 is 0. The van der Waals surface area contributed by atoms with Gasteiger partial charge in [0.15, 0.2) is 0 Å². The molecule has 1 aromatic carbocycles. The number of benzene rings is 1. The number of carbonyl (C=O) groups is 1.